The van der Waals surface area contributed by atoms with Gasteiger partial charge in [0.15, 0.2) is 0 Å². The minimum absolute atomic E-state index is 0.178. The molecule has 0 fully saturated rings. The van der Waals surface area contributed by atoms with E-state index in [1.54, 1.807) is 30.5 Å². The molecule has 2 rings (SSSR count). The first-order chi connectivity index (χ1) is 10.1. The highest BCUT2D eigenvalue weighted by Gasteiger charge is 2.07. The van der Waals surface area contributed by atoms with Gasteiger partial charge in [-0.2, -0.15) is 0 Å². The molecule has 21 heavy (non-hydrogen) atoms. The molecule has 0 aliphatic carbocycles. The Balaban J connectivity index is 1.76. The van der Waals surface area contributed by atoms with Crippen molar-refractivity contribution in [2.75, 3.05) is 5.75 Å². The number of carbonyl (C=O) groups excluding carboxylic acids is 2. The summed E-state index contributed by atoms with van der Waals surface area (Å²) >= 11 is 4.59. The maximum atomic E-state index is 11.8. The highest BCUT2D eigenvalue weighted by molar-refractivity contribution is 9.10. The molecule has 0 aliphatic heterocycles. The lowest BCUT2D eigenvalue weighted by Gasteiger charge is -2.07. The summed E-state index contributed by atoms with van der Waals surface area (Å²) in [4.78, 5) is 27.5. The van der Waals surface area contributed by atoms with E-state index in [1.165, 1.54) is 11.8 Å². The molecular formula is C14H12BrN3O2S. The Bertz CT molecular complexity index is 620. The van der Waals surface area contributed by atoms with E-state index >= 15 is 0 Å². The van der Waals surface area contributed by atoms with Crippen molar-refractivity contribution in [1.82, 2.24) is 15.8 Å². The topological polar surface area (TPSA) is 71.1 Å². The fraction of sp³-hybridized carbons (Fsp3) is 0.0714. The number of nitrogens with zero attached hydrogens (tertiary/aromatic N) is 1. The molecule has 0 saturated carbocycles. The molecular weight excluding hydrogens is 354 g/mol. The highest BCUT2D eigenvalue weighted by atomic mass is 79.9. The van der Waals surface area contributed by atoms with Gasteiger partial charge < -0.3 is 0 Å². The van der Waals surface area contributed by atoms with Gasteiger partial charge in [0.25, 0.3) is 5.91 Å². The lowest BCUT2D eigenvalue weighted by Crippen LogP contribution is -2.42. The van der Waals surface area contributed by atoms with Crippen LogP contribution in [0, 0.1) is 0 Å². The van der Waals surface area contributed by atoms with Crippen LogP contribution in [0.2, 0.25) is 0 Å². The van der Waals surface area contributed by atoms with Gasteiger partial charge in [-0.25, -0.2) is 4.98 Å². The van der Waals surface area contributed by atoms with Crippen LogP contribution in [0.4, 0.5) is 0 Å². The van der Waals surface area contributed by atoms with Gasteiger partial charge in [-0.15, -0.1) is 0 Å². The summed E-state index contributed by atoms with van der Waals surface area (Å²) in [6.07, 6.45) is 1.66. The molecule has 2 N–H and O–H groups in total. The second-order valence-corrected chi connectivity index (χ2v) is 5.88. The van der Waals surface area contributed by atoms with E-state index in [4.69, 9.17) is 0 Å². The Morgan fingerprint density at radius 3 is 2.52 bits per heavy atom. The summed E-state index contributed by atoms with van der Waals surface area (Å²) in [6, 6.07) is 12.3. The molecule has 0 radical (unpaired) electrons. The van der Waals surface area contributed by atoms with Gasteiger partial charge in [-0.05, 0) is 36.4 Å². The number of halogens is 1. The molecule has 7 heteroatoms. The fourth-order valence-corrected chi connectivity index (χ4v) is 2.33. The summed E-state index contributed by atoms with van der Waals surface area (Å²) in [7, 11) is 0. The molecule has 0 saturated heterocycles. The molecule has 0 spiro atoms. The van der Waals surface area contributed by atoms with E-state index in [0.29, 0.717) is 5.56 Å². The Kier molecular flexibility index (Phi) is 5.77. The van der Waals surface area contributed by atoms with E-state index < -0.39 is 0 Å². The predicted octanol–water partition coefficient (Wildman–Crippen LogP) is 2.40. The molecule has 0 atom stereocenters. The number of rotatable bonds is 4. The molecule has 5 nitrogen and oxygen atoms in total. The Morgan fingerprint density at radius 2 is 1.86 bits per heavy atom. The van der Waals surface area contributed by atoms with Gasteiger partial charge in [0.05, 0.1) is 10.8 Å². The van der Waals surface area contributed by atoms with Crippen molar-refractivity contribution in [3.05, 3.63) is 58.7 Å². The molecule has 0 bridgehead atoms. The first kappa shape index (κ1) is 15.5. The van der Waals surface area contributed by atoms with E-state index in [-0.39, 0.29) is 17.6 Å². The van der Waals surface area contributed by atoms with Crippen molar-refractivity contribution in [2.24, 2.45) is 0 Å². The summed E-state index contributed by atoms with van der Waals surface area (Å²) in [5.41, 5.74) is 5.20. The molecule has 108 valence electrons. The standard InChI is InChI=1S/C14H12BrN3O2S/c15-11-6-4-10(5-7-11)14(20)18-17-12(19)9-21-13-3-1-2-8-16-13/h1-8H,9H2,(H,17,19)(H,18,20). The third-order valence-electron chi connectivity index (χ3n) is 2.41. The van der Waals surface area contributed by atoms with Gasteiger partial charge in [-0.3, -0.25) is 20.4 Å². The van der Waals surface area contributed by atoms with Gasteiger partial charge in [0.1, 0.15) is 0 Å². The Morgan fingerprint density at radius 1 is 1.10 bits per heavy atom. The average Bonchev–Trinajstić information content (AvgIpc) is 2.52. The van der Waals surface area contributed by atoms with Gasteiger partial charge in [0, 0.05) is 16.2 Å². The predicted molar refractivity (Wildman–Crippen MR) is 84.7 cm³/mol. The van der Waals surface area contributed by atoms with Crippen LogP contribution in [0.5, 0.6) is 0 Å². The molecule has 2 amide bonds. The quantitative estimate of drug-likeness (QED) is 0.644. The lowest BCUT2D eigenvalue weighted by atomic mass is 10.2. The zero-order chi connectivity index (χ0) is 15.1. The van der Waals surface area contributed by atoms with Crippen LogP contribution < -0.4 is 10.9 Å². The number of hydrazine groups is 1. The summed E-state index contributed by atoms with van der Waals surface area (Å²) in [5.74, 6) is -0.479. The average molecular weight is 366 g/mol. The number of nitrogens with one attached hydrogen (secondary N) is 2. The van der Waals surface area contributed by atoms with Crippen LogP contribution in [0.25, 0.3) is 0 Å². The molecule has 0 unspecified atom stereocenters. The number of hydrogen-bond acceptors (Lipinski definition) is 4. The van der Waals surface area contributed by atoms with Crippen molar-refractivity contribution in [2.45, 2.75) is 5.03 Å². The third-order valence-corrected chi connectivity index (χ3v) is 3.88. The molecule has 2 aromatic rings. The largest absolute Gasteiger partial charge is 0.272 e. The maximum Gasteiger partial charge on any atom is 0.269 e. The van der Waals surface area contributed by atoms with Crippen LogP contribution in [-0.4, -0.2) is 22.6 Å². The number of thioether (sulfide) groups is 1. The minimum atomic E-state index is -0.362. The summed E-state index contributed by atoms with van der Waals surface area (Å²) in [6.45, 7) is 0. The smallest absolute Gasteiger partial charge is 0.269 e. The number of hydrogen-bond donors (Lipinski definition) is 2. The van der Waals surface area contributed by atoms with Crippen LogP contribution in [-0.2, 0) is 4.79 Å². The van der Waals surface area contributed by atoms with Crippen LogP contribution >= 0.6 is 27.7 Å². The molecule has 1 heterocycles. The van der Waals surface area contributed by atoms with Crippen molar-refractivity contribution in [3.63, 3.8) is 0 Å². The van der Waals surface area contributed by atoms with Crippen molar-refractivity contribution in [1.29, 1.82) is 0 Å². The SMILES string of the molecule is O=C(CSc1ccccn1)NNC(=O)c1ccc(Br)cc1. The molecule has 0 aliphatic rings. The number of pyridine rings is 1. The zero-order valence-electron chi connectivity index (χ0n) is 10.9. The summed E-state index contributed by atoms with van der Waals surface area (Å²) in [5, 5.41) is 0.756. The van der Waals surface area contributed by atoms with Crippen molar-refractivity contribution >= 4 is 39.5 Å². The first-order valence-electron chi connectivity index (χ1n) is 6.04. The maximum absolute atomic E-state index is 11.8. The second-order valence-electron chi connectivity index (χ2n) is 3.97. The number of aromatic nitrogens is 1. The van der Waals surface area contributed by atoms with Crippen molar-refractivity contribution in [3.8, 4) is 0 Å². The van der Waals surface area contributed by atoms with Gasteiger partial charge in [0.2, 0.25) is 5.91 Å². The van der Waals surface area contributed by atoms with E-state index in [0.717, 1.165) is 9.50 Å². The first-order valence-corrected chi connectivity index (χ1v) is 7.81. The Hall–Kier alpha value is -1.86. The van der Waals surface area contributed by atoms with Gasteiger partial charge in [-0.1, -0.05) is 33.8 Å². The zero-order valence-corrected chi connectivity index (χ0v) is 13.3. The van der Waals surface area contributed by atoms with Crippen LogP contribution in [0.15, 0.2) is 58.2 Å². The van der Waals surface area contributed by atoms with Crippen molar-refractivity contribution < 1.29 is 9.59 Å². The second kappa shape index (κ2) is 7.80. The number of amides is 2. The third kappa shape index (κ3) is 5.20. The number of carbonyl (C=O) groups is 2. The fourth-order valence-electron chi connectivity index (χ4n) is 1.41. The van der Waals surface area contributed by atoms with E-state index in [1.807, 2.05) is 18.2 Å². The number of benzene rings is 1. The Labute approximate surface area is 134 Å². The molecule has 1 aromatic heterocycles. The summed E-state index contributed by atoms with van der Waals surface area (Å²) < 4.78 is 0.884. The van der Waals surface area contributed by atoms with Gasteiger partial charge >= 0.3 is 0 Å². The van der Waals surface area contributed by atoms with E-state index in [2.05, 4.69) is 31.8 Å². The lowest BCUT2D eigenvalue weighted by molar-refractivity contribution is -0.119. The normalized spacial score (nSPS) is 9.95. The van der Waals surface area contributed by atoms with Crippen LogP contribution in [0.1, 0.15) is 10.4 Å². The highest BCUT2D eigenvalue weighted by Crippen LogP contribution is 2.13. The minimum Gasteiger partial charge on any atom is -0.272 e. The molecule has 1 aromatic carbocycles. The monoisotopic (exact) mass is 365 g/mol. The van der Waals surface area contributed by atoms with E-state index in [9.17, 15) is 9.59 Å². The van der Waals surface area contributed by atoms with Crippen LogP contribution in [0.3, 0.4) is 0 Å².